The van der Waals surface area contributed by atoms with Crippen LogP contribution in [0.3, 0.4) is 0 Å². The van der Waals surface area contributed by atoms with Crippen molar-refractivity contribution in [3.8, 4) is 0 Å². The minimum atomic E-state index is -0.244. The van der Waals surface area contributed by atoms with Crippen molar-refractivity contribution < 1.29 is 4.39 Å². The highest BCUT2D eigenvalue weighted by atomic mass is 19.1. The lowest BCUT2D eigenvalue weighted by Crippen LogP contribution is -2.37. The predicted molar refractivity (Wildman–Crippen MR) is 96.6 cm³/mol. The lowest BCUT2D eigenvalue weighted by molar-refractivity contribution is 0.625. The monoisotopic (exact) mass is 329 g/mol. The smallest absolute Gasteiger partial charge is 0.191 e. The third-order valence-electron chi connectivity index (χ3n) is 3.39. The molecule has 0 aliphatic carbocycles. The van der Waals surface area contributed by atoms with Crippen LogP contribution in [0.5, 0.6) is 0 Å². The van der Waals surface area contributed by atoms with Crippen molar-refractivity contribution in [2.75, 3.05) is 25.5 Å². The summed E-state index contributed by atoms with van der Waals surface area (Å²) < 4.78 is 13.2. The van der Waals surface area contributed by atoms with E-state index >= 15 is 0 Å². The molecule has 0 unspecified atom stereocenters. The number of nitrogens with one attached hydrogen (secondary N) is 2. The summed E-state index contributed by atoms with van der Waals surface area (Å²) in [5, 5.41) is 6.49. The summed E-state index contributed by atoms with van der Waals surface area (Å²) in [6.45, 7) is 3.79. The molecule has 0 atom stereocenters. The number of halogens is 1. The first-order valence-corrected chi connectivity index (χ1v) is 7.98. The fourth-order valence-electron chi connectivity index (χ4n) is 2.30. The van der Waals surface area contributed by atoms with Crippen molar-refractivity contribution in [2.45, 2.75) is 20.0 Å². The van der Waals surface area contributed by atoms with Crippen LogP contribution in [0.15, 0.2) is 47.6 Å². The highest BCUT2D eigenvalue weighted by Gasteiger charge is 2.06. The standard InChI is InChI=1S/C18H24FN5/c1-4-20-18(22-12-14-7-5-9-16(19)11-14)23-13-15-8-6-10-21-17(15)24(2)3/h5-11H,4,12-13H2,1-3H3,(H2,20,22,23). The first-order chi connectivity index (χ1) is 11.6. The molecule has 24 heavy (non-hydrogen) atoms. The first-order valence-electron chi connectivity index (χ1n) is 7.98. The molecule has 1 aromatic carbocycles. The van der Waals surface area contributed by atoms with Crippen LogP contribution in [0.25, 0.3) is 0 Å². The van der Waals surface area contributed by atoms with Gasteiger partial charge in [-0.15, -0.1) is 0 Å². The number of hydrogen-bond donors (Lipinski definition) is 2. The molecule has 0 aliphatic heterocycles. The minimum Gasteiger partial charge on any atom is -0.362 e. The zero-order valence-corrected chi connectivity index (χ0v) is 14.4. The van der Waals surface area contributed by atoms with Crippen molar-refractivity contribution in [1.29, 1.82) is 0 Å². The highest BCUT2D eigenvalue weighted by molar-refractivity contribution is 5.79. The molecule has 0 aliphatic rings. The summed E-state index contributed by atoms with van der Waals surface area (Å²) in [7, 11) is 3.93. The molecule has 2 rings (SSSR count). The highest BCUT2D eigenvalue weighted by Crippen LogP contribution is 2.13. The number of pyridine rings is 1. The Hall–Kier alpha value is -2.63. The van der Waals surface area contributed by atoms with E-state index in [1.54, 1.807) is 12.3 Å². The maximum Gasteiger partial charge on any atom is 0.191 e. The van der Waals surface area contributed by atoms with Gasteiger partial charge in [0.05, 0.1) is 6.54 Å². The molecule has 1 heterocycles. The van der Waals surface area contributed by atoms with Crippen LogP contribution in [0.2, 0.25) is 0 Å². The number of aromatic nitrogens is 1. The molecule has 0 saturated heterocycles. The average Bonchev–Trinajstić information content (AvgIpc) is 2.57. The number of anilines is 1. The number of hydrogen-bond acceptors (Lipinski definition) is 3. The van der Waals surface area contributed by atoms with Crippen molar-refractivity contribution in [2.24, 2.45) is 4.99 Å². The molecular weight excluding hydrogens is 305 g/mol. The van der Waals surface area contributed by atoms with Crippen molar-refractivity contribution in [3.05, 3.63) is 59.5 Å². The van der Waals surface area contributed by atoms with E-state index in [2.05, 4.69) is 20.6 Å². The van der Waals surface area contributed by atoms with Crippen LogP contribution < -0.4 is 15.5 Å². The summed E-state index contributed by atoms with van der Waals surface area (Å²) >= 11 is 0. The quantitative estimate of drug-likeness (QED) is 0.632. The summed E-state index contributed by atoms with van der Waals surface area (Å²) in [6, 6.07) is 10.4. The van der Waals surface area contributed by atoms with E-state index in [0.29, 0.717) is 19.0 Å². The first kappa shape index (κ1) is 17.7. The Kier molecular flexibility index (Phi) is 6.54. The summed E-state index contributed by atoms with van der Waals surface area (Å²) in [6.07, 6.45) is 1.78. The molecule has 2 aromatic rings. The second-order valence-electron chi connectivity index (χ2n) is 5.56. The largest absolute Gasteiger partial charge is 0.362 e. The number of guanidine groups is 1. The lowest BCUT2D eigenvalue weighted by Gasteiger charge is -2.17. The third-order valence-corrected chi connectivity index (χ3v) is 3.39. The molecule has 0 spiro atoms. The fourth-order valence-corrected chi connectivity index (χ4v) is 2.30. The Morgan fingerprint density at radius 3 is 2.75 bits per heavy atom. The van der Waals surface area contributed by atoms with Crippen molar-refractivity contribution in [3.63, 3.8) is 0 Å². The average molecular weight is 329 g/mol. The Bertz CT molecular complexity index is 685. The van der Waals surface area contributed by atoms with Gasteiger partial charge in [0.1, 0.15) is 11.6 Å². The Morgan fingerprint density at radius 2 is 2.04 bits per heavy atom. The molecule has 5 nitrogen and oxygen atoms in total. The summed E-state index contributed by atoms with van der Waals surface area (Å²) in [4.78, 5) is 10.9. The van der Waals surface area contributed by atoms with Gasteiger partial charge in [-0.2, -0.15) is 0 Å². The molecule has 0 fully saturated rings. The molecule has 128 valence electrons. The van der Waals surface area contributed by atoms with Crippen molar-refractivity contribution >= 4 is 11.8 Å². The van der Waals surface area contributed by atoms with E-state index in [-0.39, 0.29) is 5.82 Å². The van der Waals surface area contributed by atoms with E-state index in [1.165, 1.54) is 12.1 Å². The second-order valence-corrected chi connectivity index (χ2v) is 5.56. The number of nitrogens with zero attached hydrogens (tertiary/aromatic N) is 3. The SMILES string of the molecule is CCNC(=NCc1cccc(F)c1)NCc1cccnc1N(C)C. The van der Waals surface area contributed by atoms with E-state index in [4.69, 9.17) is 0 Å². The predicted octanol–water partition coefficient (Wildman–Crippen LogP) is 2.54. The number of rotatable bonds is 6. The van der Waals surface area contributed by atoms with Gasteiger partial charge in [-0.1, -0.05) is 18.2 Å². The molecule has 0 bridgehead atoms. The molecule has 2 N–H and O–H groups in total. The van der Waals surface area contributed by atoms with Gasteiger partial charge in [-0.05, 0) is 30.7 Å². The summed E-state index contributed by atoms with van der Waals surface area (Å²) in [5.41, 5.74) is 1.92. The normalized spacial score (nSPS) is 11.2. The van der Waals surface area contributed by atoms with Gasteiger partial charge in [0.15, 0.2) is 5.96 Å². The van der Waals surface area contributed by atoms with E-state index in [0.717, 1.165) is 23.5 Å². The second kappa shape index (κ2) is 8.86. The van der Waals surface area contributed by atoms with Gasteiger partial charge < -0.3 is 15.5 Å². The van der Waals surface area contributed by atoms with Crippen molar-refractivity contribution in [1.82, 2.24) is 15.6 Å². The molecule has 0 radical (unpaired) electrons. The van der Waals surface area contributed by atoms with Crippen LogP contribution in [0.4, 0.5) is 10.2 Å². The van der Waals surface area contributed by atoms with E-state index in [1.807, 2.05) is 44.1 Å². The van der Waals surface area contributed by atoms with Gasteiger partial charge in [0.25, 0.3) is 0 Å². The Morgan fingerprint density at radius 1 is 1.21 bits per heavy atom. The van der Waals surface area contributed by atoms with Gasteiger partial charge in [-0.25, -0.2) is 14.4 Å². The van der Waals surface area contributed by atoms with Gasteiger partial charge >= 0.3 is 0 Å². The molecule has 1 aromatic heterocycles. The topological polar surface area (TPSA) is 52.6 Å². The van der Waals surface area contributed by atoms with Crippen LogP contribution in [0, 0.1) is 5.82 Å². The van der Waals surface area contributed by atoms with Crippen LogP contribution in [-0.2, 0) is 13.1 Å². The number of benzene rings is 1. The fraction of sp³-hybridized carbons (Fsp3) is 0.333. The van der Waals surface area contributed by atoms with E-state index in [9.17, 15) is 4.39 Å². The zero-order valence-electron chi connectivity index (χ0n) is 14.4. The van der Waals surface area contributed by atoms with Crippen LogP contribution in [0.1, 0.15) is 18.1 Å². The Labute approximate surface area is 142 Å². The van der Waals surface area contributed by atoms with E-state index < -0.39 is 0 Å². The Balaban J connectivity index is 2.04. The van der Waals surface area contributed by atoms with Crippen LogP contribution in [-0.4, -0.2) is 31.6 Å². The molecular formula is C18H24FN5. The maximum absolute atomic E-state index is 13.2. The number of aliphatic imine (C=N–C) groups is 1. The lowest BCUT2D eigenvalue weighted by atomic mass is 10.2. The minimum absolute atomic E-state index is 0.244. The van der Waals surface area contributed by atoms with Gasteiger partial charge in [0.2, 0.25) is 0 Å². The van der Waals surface area contributed by atoms with Crippen LogP contribution >= 0.6 is 0 Å². The molecule has 0 amide bonds. The summed E-state index contributed by atoms with van der Waals surface area (Å²) in [5.74, 6) is 1.37. The third kappa shape index (κ3) is 5.22. The van der Waals surface area contributed by atoms with Gasteiger partial charge in [0, 0.05) is 38.9 Å². The molecule has 0 saturated carbocycles. The maximum atomic E-state index is 13.2. The molecule has 6 heteroatoms. The zero-order chi connectivity index (χ0) is 17.4. The van der Waals surface area contributed by atoms with Gasteiger partial charge in [-0.3, -0.25) is 0 Å².